The van der Waals surface area contributed by atoms with Crippen molar-refractivity contribution in [2.75, 3.05) is 56.5 Å². The van der Waals surface area contributed by atoms with E-state index in [9.17, 15) is 5.11 Å². The molecule has 2 rings (SSSR count). The summed E-state index contributed by atoms with van der Waals surface area (Å²) in [7, 11) is 0. The highest BCUT2D eigenvalue weighted by Crippen LogP contribution is 2.23. The molecule has 0 aliphatic carbocycles. The molecule has 0 bridgehead atoms. The third kappa shape index (κ3) is 3.25. The van der Waals surface area contributed by atoms with Crippen LogP contribution in [0.15, 0.2) is 18.2 Å². The highest BCUT2D eigenvalue weighted by molar-refractivity contribution is 5.58. The number of aliphatic hydroxyl groups is 1. The Morgan fingerprint density at radius 3 is 2.75 bits per heavy atom. The zero-order chi connectivity index (χ0) is 14.6. The normalized spacial score (nSPS) is 23.6. The summed E-state index contributed by atoms with van der Waals surface area (Å²) in [5, 5.41) is 9.31. The Kier molecular flexibility index (Phi) is 4.89. The summed E-state index contributed by atoms with van der Waals surface area (Å²) in [6, 6.07) is 6.32. The van der Waals surface area contributed by atoms with Gasteiger partial charge in [0.25, 0.3) is 0 Å². The second-order valence-corrected chi connectivity index (χ2v) is 5.93. The fourth-order valence-corrected chi connectivity index (χ4v) is 3.18. The van der Waals surface area contributed by atoms with Gasteiger partial charge in [-0.3, -0.25) is 0 Å². The largest absolute Gasteiger partial charge is 0.399 e. The number of quaternary nitrogens is 1. The van der Waals surface area contributed by atoms with Gasteiger partial charge in [0.2, 0.25) is 0 Å². The molecule has 1 saturated heterocycles. The van der Waals surface area contributed by atoms with Crippen molar-refractivity contribution in [3.05, 3.63) is 23.8 Å². The summed E-state index contributed by atoms with van der Waals surface area (Å²) in [5.41, 5.74) is 9.19. The van der Waals surface area contributed by atoms with E-state index in [2.05, 4.69) is 30.9 Å². The maximum absolute atomic E-state index is 9.31. The minimum absolute atomic E-state index is 0.287. The molecule has 3 N–H and O–H groups in total. The van der Waals surface area contributed by atoms with E-state index < -0.39 is 0 Å². The van der Waals surface area contributed by atoms with Crippen LogP contribution in [0.4, 0.5) is 11.4 Å². The molecule has 112 valence electrons. The number of nitrogen functional groups attached to an aromatic ring is 1. The molecule has 20 heavy (non-hydrogen) atoms. The molecule has 1 atom stereocenters. The summed E-state index contributed by atoms with van der Waals surface area (Å²) < 4.78 is 1.04. The van der Waals surface area contributed by atoms with E-state index in [0.717, 1.165) is 48.5 Å². The van der Waals surface area contributed by atoms with Gasteiger partial charge < -0.3 is 20.2 Å². The van der Waals surface area contributed by atoms with Crippen molar-refractivity contribution in [2.24, 2.45) is 0 Å². The lowest BCUT2D eigenvalue weighted by molar-refractivity contribution is -0.924. The zero-order valence-corrected chi connectivity index (χ0v) is 12.8. The molecule has 4 heteroatoms. The Morgan fingerprint density at radius 2 is 2.10 bits per heavy atom. The van der Waals surface area contributed by atoms with Crippen LogP contribution in [-0.2, 0) is 0 Å². The third-order valence-electron chi connectivity index (χ3n) is 4.77. The number of likely N-dealkylation sites (N-methyl/N-ethyl adjacent to an activating group) is 1. The summed E-state index contributed by atoms with van der Waals surface area (Å²) in [4.78, 5) is 2.46. The van der Waals surface area contributed by atoms with E-state index in [-0.39, 0.29) is 6.61 Å². The van der Waals surface area contributed by atoms with Gasteiger partial charge in [-0.2, -0.15) is 0 Å². The van der Waals surface area contributed by atoms with Gasteiger partial charge in [0.05, 0.1) is 32.8 Å². The summed E-state index contributed by atoms with van der Waals surface area (Å²) in [5.74, 6) is 0. The molecule has 1 heterocycles. The van der Waals surface area contributed by atoms with Gasteiger partial charge in [0.1, 0.15) is 6.54 Å². The van der Waals surface area contributed by atoms with Crippen LogP contribution in [-0.4, -0.2) is 55.5 Å². The zero-order valence-electron chi connectivity index (χ0n) is 12.8. The smallest absolute Gasteiger partial charge is 0.102 e. The summed E-state index contributed by atoms with van der Waals surface area (Å²) in [6.07, 6.45) is 1.18. The van der Waals surface area contributed by atoms with Crippen LogP contribution in [0.2, 0.25) is 0 Å². The highest BCUT2D eigenvalue weighted by atomic mass is 16.3. The van der Waals surface area contributed by atoms with Crippen LogP contribution < -0.4 is 10.6 Å². The first-order valence-corrected chi connectivity index (χ1v) is 7.67. The van der Waals surface area contributed by atoms with E-state index in [0.29, 0.717) is 0 Å². The summed E-state index contributed by atoms with van der Waals surface area (Å²) in [6.45, 7) is 11.0. The quantitative estimate of drug-likeness (QED) is 0.650. The number of anilines is 2. The maximum atomic E-state index is 9.31. The van der Waals surface area contributed by atoms with Crippen LogP contribution in [0.25, 0.3) is 0 Å². The predicted molar refractivity (Wildman–Crippen MR) is 84.9 cm³/mol. The lowest BCUT2D eigenvalue weighted by Crippen LogP contribution is -2.51. The number of rotatable bonds is 4. The SMILES string of the molecule is CC[N+]1(CCO)CCCN(c2ccc(N)c(C)c2)CC1. The lowest BCUT2D eigenvalue weighted by Gasteiger charge is -2.36. The first-order valence-electron chi connectivity index (χ1n) is 7.67. The number of benzene rings is 1. The number of nitrogens with zero attached hydrogens (tertiary/aromatic N) is 2. The van der Waals surface area contributed by atoms with Gasteiger partial charge in [0.15, 0.2) is 0 Å². The van der Waals surface area contributed by atoms with Gasteiger partial charge in [-0.15, -0.1) is 0 Å². The Morgan fingerprint density at radius 1 is 1.30 bits per heavy atom. The highest BCUT2D eigenvalue weighted by Gasteiger charge is 2.28. The molecule has 0 spiro atoms. The molecule has 1 aromatic carbocycles. The van der Waals surface area contributed by atoms with Crippen LogP contribution in [0, 0.1) is 6.92 Å². The molecule has 1 unspecified atom stereocenters. The molecular formula is C16H28N3O+. The minimum atomic E-state index is 0.287. The average Bonchev–Trinajstić information content (AvgIpc) is 2.66. The van der Waals surface area contributed by atoms with Gasteiger partial charge in [-0.1, -0.05) is 0 Å². The molecule has 4 nitrogen and oxygen atoms in total. The number of aliphatic hydroxyl groups excluding tert-OH is 1. The van der Waals surface area contributed by atoms with Gasteiger partial charge >= 0.3 is 0 Å². The van der Waals surface area contributed by atoms with E-state index in [4.69, 9.17) is 5.73 Å². The Labute approximate surface area is 122 Å². The van der Waals surface area contributed by atoms with Gasteiger partial charge in [0, 0.05) is 24.3 Å². The van der Waals surface area contributed by atoms with Crippen molar-refractivity contribution in [1.82, 2.24) is 0 Å². The number of aryl methyl sites for hydroxylation is 1. The fraction of sp³-hybridized carbons (Fsp3) is 0.625. The maximum Gasteiger partial charge on any atom is 0.102 e. The molecule has 0 saturated carbocycles. The molecule has 1 aliphatic heterocycles. The van der Waals surface area contributed by atoms with Gasteiger partial charge in [-0.25, -0.2) is 0 Å². The molecule has 0 amide bonds. The van der Waals surface area contributed by atoms with Gasteiger partial charge in [-0.05, 0) is 37.6 Å². The van der Waals surface area contributed by atoms with Crippen molar-refractivity contribution in [3.8, 4) is 0 Å². The third-order valence-corrected chi connectivity index (χ3v) is 4.77. The first-order chi connectivity index (χ1) is 9.60. The van der Waals surface area contributed by atoms with Crippen molar-refractivity contribution >= 4 is 11.4 Å². The molecule has 0 aromatic heterocycles. The first kappa shape index (κ1) is 15.1. The average molecular weight is 278 g/mol. The predicted octanol–water partition coefficient (Wildman–Crippen LogP) is 1.62. The second-order valence-electron chi connectivity index (χ2n) is 5.93. The van der Waals surface area contributed by atoms with Crippen LogP contribution >= 0.6 is 0 Å². The molecule has 1 aliphatic rings. The lowest BCUT2D eigenvalue weighted by atomic mass is 10.1. The molecular weight excluding hydrogens is 250 g/mol. The fourth-order valence-electron chi connectivity index (χ4n) is 3.18. The van der Waals surface area contributed by atoms with E-state index >= 15 is 0 Å². The van der Waals surface area contributed by atoms with Crippen LogP contribution in [0.3, 0.4) is 0 Å². The monoisotopic (exact) mass is 278 g/mol. The van der Waals surface area contributed by atoms with Crippen molar-refractivity contribution < 1.29 is 9.59 Å². The van der Waals surface area contributed by atoms with Crippen molar-refractivity contribution in [2.45, 2.75) is 20.3 Å². The van der Waals surface area contributed by atoms with E-state index in [1.807, 2.05) is 6.07 Å². The Balaban J connectivity index is 2.10. The standard InChI is InChI=1S/C16H28N3O/c1-3-19(11-12-20)9-4-7-18(8-10-19)15-5-6-16(17)14(2)13-15/h5-6,13,20H,3-4,7-12,17H2,1-2H3/q+1. The molecule has 0 radical (unpaired) electrons. The molecule has 1 aromatic rings. The summed E-state index contributed by atoms with van der Waals surface area (Å²) >= 11 is 0. The second kappa shape index (κ2) is 6.46. The van der Waals surface area contributed by atoms with Crippen molar-refractivity contribution in [1.29, 1.82) is 0 Å². The van der Waals surface area contributed by atoms with Crippen LogP contribution in [0.5, 0.6) is 0 Å². The van der Waals surface area contributed by atoms with Crippen molar-refractivity contribution in [3.63, 3.8) is 0 Å². The number of hydrogen-bond donors (Lipinski definition) is 2. The van der Waals surface area contributed by atoms with E-state index in [1.165, 1.54) is 18.7 Å². The van der Waals surface area contributed by atoms with Crippen LogP contribution in [0.1, 0.15) is 18.9 Å². The number of nitrogens with two attached hydrogens (primary N) is 1. The number of hydrogen-bond acceptors (Lipinski definition) is 3. The Bertz CT molecular complexity index is 449. The minimum Gasteiger partial charge on any atom is -0.399 e. The van der Waals surface area contributed by atoms with E-state index in [1.54, 1.807) is 0 Å². The topological polar surface area (TPSA) is 49.5 Å². The Hall–Kier alpha value is -1.26. The molecule has 1 fully saturated rings.